The van der Waals surface area contributed by atoms with Gasteiger partial charge in [-0.3, -0.25) is 4.79 Å². The number of likely N-dealkylation sites (N-methyl/N-ethyl adjacent to an activating group) is 1. The molecule has 1 saturated heterocycles. The Kier molecular flexibility index (Phi) is 3.76. The molecule has 0 saturated carbocycles. The summed E-state index contributed by atoms with van der Waals surface area (Å²) >= 11 is 0. The van der Waals surface area contributed by atoms with E-state index < -0.39 is 0 Å². The fourth-order valence-electron chi connectivity index (χ4n) is 3.14. The Bertz CT molecular complexity index is 544. The summed E-state index contributed by atoms with van der Waals surface area (Å²) in [6.45, 7) is 7.99. The van der Waals surface area contributed by atoms with E-state index in [2.05, 4.69) is 17.1 Å². The molecule has 114 valence electrons. The number of rotatable bonds is 3. The molecule has 0 spiro atoms. The highest BCUT2D eigenvalue weighted by Crippen LogP contribution is 2.41. The molecular weight excluding hydrogens is 268 g/mol. The topological polar surface area (TPSA) is 50.8 Å². The van der Waals surface area contributed by atoms with Crippen molar-refractivity contribution in [1.29, 1.82) is 0 Å². The number of ether oxygens (including phenoxy) is 2. The average Bonchev–Trinajstić information content (AvgIpc) is 2.87. The Hall–Kier alpha value is -1.75. The lowest BCUT2D eigenvalue weighted by atomic mass is 10.0. The fraction of sp³-hybridized carbons (Fsp3) is 0.562. The molecule has 0 bridgehead atoms. The van der Waals surface area contributed by atoms with Crippen LogP contribution in [0.4, 0.5) is 11.4 Å². The molecule has 2 unspecified atom stereocenters. The molecule has 2 aliphatic rings. The third-order valence-electron chi connectivity index (χ3n) is 4.05. The van der Waals surface area contributed by atoms with Crippen molar-refractivity contribution in [3.8, 4) is 5.75 Å². The summed E-state index contributed by atoms with van der Waals surface area (Å²) in [5.74, 6) is 0.633. The molecule has 2 aliphatic heterocycles. The Labute approximate surface area is 125 Å². The smallest absolute Gasteiger partial charge is 0.232 e. The molecule has 21 heavy (non-hydrogen) atoms. The van der Waals surface area contributed by atoms with Crippen LogP contribution in [0.25, 0.3) is 0 Å². The Morgan fingerprint density at radius 2 is 2.24 bits per heavy atom. The van der Waals surface area contributed by atoms with Crippen molar-refractivity contribution in [2.45, 2.75) is 32.9 Å². The lowest BCUT2D eigenvalue weighted by Crippen LogP contribution is -2.42. The number of nitrogens with one attached hydrogen (secondary N) is 1. The molecule has 2 heterocycles. The molecule has 1 aromatic rings. The number of nitrogens with zero attached hydrogens (tertiary/aromatic N) is 1. The molecule has 1 aromatic carbocycles. The number of anilines is 2. The van der Waals surface area contributed by atoms with Gasteiger partial charge in [-0.1, -0.05) is 6.07 Å². The van der Waals surface area contributed by atoms with Crippen LogP contribution in [-0.4, -0.2) is 37.8 Å². The van der Waals surface area contributed by atoms with Gasteiger partial charge in [-0.25, -0.2) is 0 Å². The third-order valence-corrected chi connectivity index (χ3v) is 4.05. The van der Waals surface area contributed by atoms with Gasteiger partial charge in [0, 0.05) is 6.54 Å². The first-order valence-electron chi connectivity index (χ1n) is 7.56. The van der Waals surface area contributed by atoms with Gasteiger partial charge in [-0.2, -0.15) is 0 Å². The summed E-state index contributed by atoms with van der Waals surface area (Å²) in [4.78, 5) is 14.7. The maximum absolute atomic E-state index is 12.5. The van der Waals surface area contributed by atoms with E-state index in [1.807, 2.05) is 32.0 Å². The van der Waals surface area contributed by atoms with Gasteiger partial charge in [0.1, 0.15) is 11.4 Å². The van der Waals surface area contributed by atoms with Crippen molar-refractivity contribution in [3.63, 3.8) is 0 Å². The average molecular weight is 290 g/mol. The highest BCUT2D eigenvalue weighted by atomic mass is 16.5. The van der Waals surface area contributed by atoms with E-state index in [1.54, 1.807) is 0 Å². The van der Waals surface area contributed by atoms with E-state index in [1.165, 1.54) is 0 Å². The second-order valence-electron chi connectivity index (χ2n) is 5.80. The standard InChI is InChI=1S/C16H22N2O3/c1-4-18-12-6-5-7-14(21-10(2)3)15(12)17-16(19)11-8-20-9-13(11)18/h5-7,10-11,13H,4,8-9H2,1-3H3,(H,17,19). The van der Waals surface area contributed by atoms with Crippen molar-refractivity contribution in [2.75, 3.05) is 30.0 Å². The number of fused-ring (bicyclic) bond motifs is 2. The van der Waals surface area contributed by atoms with Crippen molar-refractivity contribution < 1.29 is 14.3 Å². The van der Waals surface area contributed by atoms with Gasteiger partial charge >= 0.3 is 0 Å². The highest BCUT2D eigenvalue weighted by molar-refractivity contribution is 6.00. The monoisotopic (exact) mass is 290 g/mol. The quantitative estimate of drug-likeness (QED) is 0.928. The molecule has 0 aliphatic carbocycles. The molecule has 0 radical (unpaired) electrons. The first-order valence-corrected chi connectivity index (χ1v) is 7.56. The van der Waals surface area contributed by atoms with Crippen molar-refractivity contribution in [1.82, 2.24) is 0 Å². The summed E-state index contributed by atoms with van der Waals surface area (Å²) in [6.07, 6.45) is 0.0644. The zero-order chi connectivity index (χ0) is 15.0. The molecule has 1 amide bonds. The maximum atomic E-state index is 12.5. The van der Waals surface area contributed by atoms with E-state index >= 15 is 0 Å². The van der Waals surface area contributed by atoms with Crippen LogP contribution in [0.15, 0.2) is 18.2 Å². The van der Waals surface area contributed by atoms with Crippen LogP contribution >= 0.6 is 0 Å². The Morgan fingerprint density at radius 1 is 1.43 bits per heavy atom. The summed E-state index contributed by atoms with van der Waals surface area (Å²) in [6, 6.07) is 6.02. The molecule has 5 nitrogen and oxygen atoms in total. The van der Waals surface area contributed by atoms with Gasteiger partial charge in [-0.05, 0) is 32.9 Å². The van der Waals surface area contributed by atoms with Crippen molar-refractivity contribution in [3.05, 3.63) is 18.2 Å². The SMILES string of the molecule is CCN1c2cccc(OC(C)C)c2NC(=O)C2COCC21. The minimum atomic E-state index is -0.121. The van der Waals surface area contributed by atoms with Gasteiger partial charge in [0.2, 0.25) is 5.91 Å². The zero-order valence-corrected chi connectivity index (χ0v) is 12.8. The van der Waals surface area contributed by atoms with Crippen LogP contribution in [0.5, 0.6) is 5.75 Å². The van der Waals surface area contributed by atoms with E-state index in [0.717, 1.165) is 23.7 Å². The Balaban J connectivity index is 2.07. The van der Waals surface area contributed by atoms with E-state index in [-0.39, 0.29) is 24.0 Å². The van der Waals surface area contributed by atoms with Crippen LogP contribution in [0.1, 0.15) is 20.8 Å². The molecule has 3 rings (SSSR count). The zero-order valence-electron chi connectivity index (χ0n) is 12.8. The predicted molar refractivity (Wildman–Crippen MR) is 82.0 cm³/mol. The Morgan fingerprint density at radius 3 is 2.95 bits per heavy atom. The number of carbonyl (C=O) groups is 1. The summed E-state index contributed by atoms with van der Waals surface area (Å²) in [5.41, 5.74) is 1.80. The van der Waals surface area contributed by atoms with Gasteiger partial charge < -0.3 is 19.7 Å². The molecule has 2 atom stereocenters. The van der Waals surface area contributed by atoms with Gasteiger partial charge in [0.15, 0.2) is 0 Å². The molecule has 5 heteroatoms. The maximum Gasteiger partial charge on any atom is 0.232 e. The van der Waals surface area contributed by atoms with Crippen molar-refractivity contribution >= 4 is 17.3 Å². The van der Waals surface area contributed by atoms with Gasteiger partial charge in [-0.15, -0.1) is 0 Å². The number of benzene rings is 1. The number of carbonyl (C=O) groups excluding carboxylic acids is 1. The first kappa shape index (κ1) is 14.2. The second-order valence-corrected chi connectivity index (χ2v) is 5.80. The first-order chi connectivity index (χ1) is 10.1. The number of hydrogen-bond acceptors (Lipinski definition) is 4. The minimum absolute atomic E-state index is 0.0227. The molecule has 0 aromatic heterocycles. The van der Waals surface area contributed by atoms with Crippen molar-refractivity contribution in [2.24, 2.45) is 5.92 Å². The van der Waals surface area contributed by atoms with Crippen LogP contribution in [0, 0.1) is 5.92 Å². The largest absolute Gasteiger partial charge is 0.489 e. The summed E-state index contributed by atoms with van der Waals surface area (Å²) in [7, 11) is 0. The van der Waals surface area contributed by atoms with Gasteiger partial charge in [0.25, 0.3) is 0 Å². The second kappa shape index (κ2) is 5.56. The van der Waals surface area contributed by atoms with Crippen LogP contribution in [-0.2, 0) is 9.53 Å². The third kappa shape index (κ3) is 2.46. The molecule has 1 fully saturated rings. The predicted octanol–water partition coefficient (Wildman–Crippen LogP) is 2.27. The van der Waals surface area contributed by atoms with Crippen LogP contribution < -0.4 is 15.0 Å². The normalized spacial score (nSPS) is 24.4. The molecular formula is C16H22N2O3. The van der Waals surface area contributed by atoms with Gasteiger partial charge in [0.05, 0.1) is 37.0 Å². The van der Waals surface area contributed by atoms with Crippen LogP contribution in [0.3, 0.4) is 0 Å². The lowest BCUT2D eigenvalue weighted by Gasteiger charge is -2.30. The fourth-order valence-corrected chi connectivity index (χ4v) is 3.14. The summed E-state index contributed by atoms with van der Waals surface area (Å²) < 4.78 is 11.4. The minimum Gasteiger partial charge on any atom is -0.489 e. The summed E-state index contributed by atoms with van der Waals surface area (Å²) in [5, 5.41) is 3.05. The highest BCUT2D eigenvalue weighted by Gasteiger charge is 2.41. The molecule has 1 N–H and O–H groups in total. The lowest BCUT2D eigenvalue weighted by molar-refractivity contribution is -0.120. The van der Waals surface area contributed by atoms with E-state index in [4.69, 9.17) is 9.47 Å². The number of amides is 1. The van der Waals surface area contributed by atoms with Crippen LogP contribution in [0.2, 0.25) is 0 Å². The number of hydrogen-bond donors (Lipinski definition) is 1. The van der Waals surface area contributed by atoms with E-state index in [0.29, 0.717) is 13.2 Å². The number of para-hydroxylation sites is 1. The van der Waals surface area contributed by atoms with E-state index in [9.17, 15) is 4.79 Å².